The van der Waals surface area contributed by atoms with Crippen LogP contribution in [0, 0.1) is 5.41 Å². The molecule has 134 valence electrons. The third kappa shape index (κ3) is 3.63. The maximum Gasteiger partial charge on any atom is 0.262 e. The molecule has 0 saturated carbocycles. The number of benzene rings is 1. The number of carbonyl (C=O) groups is 1. The maximum atomic E-state index is 12.9. The Kier molecular flexibility index (Phi) is 5.07. The fourth-order valence-corrected chi connectivity index (χ4v) is 3.88. The van der Waals surface area contributed by atoms with Crippen molar-refractivity contribution >= 4 is 21.6 Å². The summed E-state index contributed by atoms with van der Waals surface area (Å²) < 4.78 is 37.6. The molecule has 2 rings (SSSR count). The van der Waals surface area contributed by atoms with Gasteiger partial charge in [-0.2, -0.15) is 0 Å². The molecule has 0 radical (unpaired) electrons. The van der Waals surface area contributed by atoms with Gasteiger partial charge < -0.3 is 20.5 Å². The molecule has 1 aliphatic heterocycles. The van der Waals surface area contributed by atoms with E-state index in [1.54, 1.807) is 0 Å². The minimum atomic E-state index is -3.81. The van der Waals surface area contributed by atoms with Crippen molar-refractivity contribution in [1.29, 1.82) is 0 Å². The molecule has 1 amide bonds. The quantitative estimate of drug-likeness (QED) is 0.772. The van der Waals surface area contributed by atoms with Gasteiger partial charge in [0.15, 0.2) is 6.61 Å². The van der Waals surface area contributed by atoms with Crippen LogP contribution in [0.4, 0.5) is 5.69 Å². The number of nitrogens with zero attached hydrogens (tertiary/aromatic N) is 1. The van der Waals surface area contributed by atoms with Gasteiger partial charge >= 0.3 is 0 Å². The smallest absolute Gasteiger partial charge is 0.262 e. The first kappa shape index (κ1) is 18.5. The Morgan fingerprint density at radius 3 is 2.67 bits per heavy atom. The normalized spacial score (nSPS) is 14.8. The van der Waals surface area contributed by atoms with Gasteiger partial charge in [0.2, 0.25) is 10.0 Å². The number of amides is 1. The standard InChI is InChI=1S/C15H23N3O5S/c1-15(2,8-16)9-18(3)24(20,21)13-6-11-10(5-12(13)22-4)17-14(19)7-23-11/h5-6H,7-9,16H2,1-4H3,(H,17,19). The highest BCUT2D eigenvalue weighted by molar-refractivity contribution is 7.89. The summed E-state index contributed by atoms with van der Waals surface area (Å²) in [7, 11) is -0.947. The molecular formula is C15H23N3O5S. The van der Waals surface area contributed by atoms with Gasteiger partial charge in [-0.3, -0.25) is 4.79 Å². The molecule has 3 N–H and O–H groups in total. The molecule has 8 nitrogen and oxygen atoms in total. The molecule has 0 spiro atoms. The minimum absolute atomic E-state index is 0.0183. The fraction of sp³-hybridized carbons (Fsp3) is 0.533. The average molecular weight is 357 g/mol. The van der Waals surface area contributed by atoms with Crippen molar-refractivity contribution in [2.24, 2.45) is 11.1 Å². The van der Waals surface area contributed by atoms with Gasteiger partial charge in [0.05, 0.1) is 12.8 Å². The molecule has 0 atom stereocenters. The van der Waals surface area contributed by atoms with Crippen LogP contribution >= 0.6 is 0 Å². The van der Waals surface area contributed by atoms with Gasteiger partial charge in [0.1, 0.15) is 16.4 Å². The minimum Gasteiger partial charge on any atom is -0.495 e. The number of fused-ring (bicyclic) bond motifs is 1. The second-order valence-corrected chi connectivity index (χ2v) is 8.48. The molecule has 0 unspecified atom stereocenters. The number of sulfonamides is 1. The summed E-state index contributed by atoms with van der Waals surface area (Å²) in [5, 5.41) is 2.62. The van der Waals surface area contributed by atoms with E-state index < -0.39 is 10.0 Å². The Hall–Kier alpha value is -1.84. The van der Waals surface area contributed by atoms with Crippen LogP contribution in [0.2, 0.25) is 0 Å². The molecule has 24 heavy (non-hydrogen) atoms. The number of hydrogen-bond acceptors (Lipinski definition) is 6. The highest BCUT2D eigenvalue weighted by atomic mass is 32.2. The summed E-state index contributed by atoms with van der Waals surface area (Å²) >= 11 is 0. The van der Waals surface area contributed by atoms with Gasteiger partial charge in [0, 0.05) is 25.7 Å². The van der Waals surface area contributed by atoms with Crippen molar-refractivity contribution in [3.63, 3.8) is 0 Å². The van der Waals surface area contributed by atoms with E-state index in [0.717, 1.165) is 0 Å². The Bertz CT molecular complexity index is 746. The lowest BCUT2D eigenvalue weighted by atomic mass is 9.94. The van der Waals surface area contributed by atoms with Crippen molar-refractivity contribution in [3.05, 3.63) is 12.1 Å². The lowest BCUT2D eigenvalue weighted by molar-refractivity contribution is -0.118. The summed E-state index contributed by atoms with van der Waals surface area (Å²) in [6.45, 7) is 4.23. The van der Waals surface area contributed by atoms with Gasteiger partial charge in [0.25, 0.3) is 5.91 Å². The molecule has 1 aromatic rings. The molecule has 1 heterocycles. The third-order valence-electron chi connectivity index (χ3n) is 3.79. The number of anilines is 1. The van der Waals surface area contributed by atoms with Crippen molar-refractivity contribution < 1.29 is 22.7 Å². The largest absolute Gasteiger partial charge is 0.495 e. The predicted octanol–water partition coefficient (Wildman–Crippen LogP) is 0.632. The second-order valence-electron chi connectivity index (χ2n) is 6.47. The van der Waals surface area contributed by atoms with Crippen LogP contribution in [0.3, 0.4) is 0 Å². The number of methoxy groups -OCH3 is 1. The monoisotopic (exact) mass is 357 g/mol. The van der Waals surface area contributed by atoms with Crippen LogP contribution in [0.5, 0.6) is 11.5 Å². The zero-order valence-corrected chi connectivity index (χ0v) is 15.1. The van der Waals surface area contributed by atoms with Gasteiger partial charge in [-0.15, -0.1) is 0 Å². The molecule has 9 heteroatoms. The summed E-state index contributed by atoms with van der Waals surface area (Å²) in [5.41, 5.74) is 5.70. The van der Waals surface area contributed by atoms with E-state index in [9.17, 15) is 13.2 Å². The number of hydrogen-bond donors (Lipinski definition) is 2. The summed E-state index contributed by atoms with van der Waals surface area (Å²) in [6, 6.07) is 2.82. The van der Waals surface area contributed by atoms with Gasteiger partial charge in [-0.1, -0.05) is 13.8 Å². The number of nitrogens with two attached hydrogens (primary N) is 1. The highest BCUT2D eigenvalue weighted by Gasteiger charge is 2.31. The van der Waals surface area contributed by atoms with Crippen LogP contribution in [0.15, 0.2) is 17.0 Å². The van der Waals surface area contributed by atoms with E-state index in [2.05, 4.69) is 5.32 Å². The maximum absolute atomic E-state index is 12.9. The molecule has 0 saturated heterocycles. The van der Waals surface area contributed by atoms with E-state index in [1.807, 2.05) is 13.8 Å². The van der Waals surface area contributed by atoms with E-state index in [0.29, 0.717) is 18.0 Å². The number of carbonyl (C=O) groups excluding carboxylic acids is 1. The third-order valence-corrected chi connectivity index (χ3v) is 5.61. The second kappa shape index (κ2) is 6.58. The van der Waals surface area contributed by atoms with Gasteiger partial charge in [-0.25, -0.2) is 12.7 Å². The Morgan fingerprint density at radius 2 is 2.08 bits per heavy atom. The molecule has 1 aromatic carbocycles. The lowest BCUT2D eigenvalue weighted by Crippen LogP contribution is -2.39. The Balaban J connectivity index is 2.44. The highest BCUT2D eigenvalue weighted by Crippen LogP contribution is 2.38. The number of rotatable bonds is 6. The predicted molar refractivity (Wildman–Crippen MR) is 89.8 cm³/mol. The zero-order chi connectivity index (χ0) is 18.1. The van der Waals surface area contributed by atoms with Crippen molar-refractivity contribution in [2.45, 2.75) is 18.7 Å². The molecule has 0 aliphatic carbocycles. The Morgan fingerprint density at radius 1 is 1.42 bits per heavy atom. The van der Waals surface area contributed by atoms with Crippen LogP contribution in [-0.2, 0) is 14.8 Å². The van der Waals surface area contributed by atoms with E-state index in [1.165, 1.54) is 30.6 Å². The average Bonchev–Trinajstić information content (AvgIpc) is 2.52. The first-order valence-electron chi connectivity index (χ1n) is 7.42. The van der Waals surface area contributed by atoms with E-state index in [-0.39, 0.29) is 35.1 Å². The first-order chi connectivity index (χ1) is 11.1. The molecule has 0 bridgehead atoms. The zero-order valence-electron chi connectivity index (χ0n) is 14.3. The van der Waals surface area contributed by atoms with Gasteiger partial charge in [-0.05, 0) is 12.0 Å². The van der Waals surface area contributed by atoms with Crippen LogP contribution in [0.1, 0.15) is 13.8 Å². The molecular weight excluding hydrogens is 334 g/mol. The summed E-state index contributed by atoms with van der Waals surface area (Å²) in [6.07, 6.45) is 0. The number of ether oxygens (including phenoxy) is 2. The number of nitrogens with one attached hydrogen (secondary N) is 1. The van der Waals surface area contributed by atoms with E-state index >= 15 is 0 Å². The SMILES string of the molecule is COc1cc2c(cc1S(=O)(=O)N(C)CC(C)(C)CN)OCC(=O)N2. The van der Waals surface area contributed by atoms with Crippen LogP contribution < -0.4 is 20.5 Å². The summed E-state index contributed by atoms with van der Waals surface area (Å²) in [5.74, 6) is 0.124. The first-order valence-corrected chi connectivity index (χ1v) is 8.86. The fourth-order valence-electron chi connectivity index (χ4n) is 2.37. The van der Waals surface area contributed by atoms with Crippen molar-refractivity contribution in [2.75, 3.05) is 39.2 Å². The molecule has 0 aromatic heterocycles. The van der Waals surface area contributed by atoms with E-state index in [4.69, 9.17) is 15.2 Å². The van der Waals surface area contributed by atoms with Crippen LogP contribution in [-0.4, -0.2) is 52.5 Å². The van der Waals surface area contributed by atoms with Crippen LogP contribution in [0.25, 0.3) is 0 Å². The lowest BCUT2D eigenvalue weighted by Gasteiger charge is -2.29. The van der Waals surface area contributed by atoms with Crippen molar-refractivity contribution in [1.82, 2.24) is 4.31 Å². The molecule has 1 aliphatic rings. The Labute approximate surface area is 142 Å². The molecule has 0 fully saturated rings. The van der Waals surface area contributed by atoms with Crippen molar-refractivity contribution in [3.8, 4) is 11.5 Å². The summed E-state index contributed by atoms with van der Waals surface area (Å²) in [4.78, 5) is 11.4. The topological polar surface area (TPSA) is 111 Å².